The fraction of sp³-hybridized carbons (Fsp3) is 0.286. The van der Waals surface area contributed by atoms with E-state index in [-0.39, 0.29) is 5.56 Å². The van der Waals surface area contributed by atoms with E-state index in [1.807, 2.05) is 0 Å². The Morgan fingerprint density at radius 3 is 3.12 bits per heavy atom. The van der Waals surface area contributed by atoms with Gasteiger partial charge in [0.25, 0.3) is 5.56 Å². The standard InChI is InChI=1S/C14H14ClN5O2S2/c1-22-5-4-16-13-18-19-14(24-13)23-8-10-6-12(21)20-7-9(15)2-3-11(20)17-10/h2-3,6-7H,4-5,8H2,1H3,(H,16,18). The Balaban J connectivity index is 1.67. The van der Waals surface area contributed by atoms with Crippen LogP contribution in [0.2, 0.25) is 5.02 Å². The van der Waals surface area contributed by atoms with Crippen molar-refractivity contribution >= 4 is 45.5 Å². The number of halogens is 1. The molecule has 0 aliphatic carbocycles. The van der Waals surface area contributed by atoms with Crippen molar-refractivity contribution in [2.24, 2.45) is 0 Å². The van der Waals surface area contributed by atoms with Crippen LogP contribution in [0.1, 0.15) is 5.69 Å². The summed E-state index contributed by atoms with van der Waals surface area (Å²) < 4.78 is 7.21. The molecule has 126 valence electrons. The lowest BCUT2D eigenvalue weighted by molar-refractivity contribution is 0.211. The summed E-state index contributed by atoms with van der Waals surface area (Å²) in [6.45, 7) is 1.29. The predicted octanol–water partition coefficient (Wildman–Crippen LogP) is 2.55. The number of rotatable bonds is 7. The number of aromatic nitrogens is 4. The van der Waals surface area contributed by atoms with Crippen molar-refractivity contribution in [2.75, 3.05) is 25.6 Å². The second-order valence-electron chi connectivity index (χ2n) is 4.74. The highest BCUT2D eigenvalue weighted by Crippen LogP contribution is 2.27. The molecule has 0 fully saturated rings. The number of thioether (sulfide) groups is 1. The summed E-state index contributed by atoms with van der Waals surface area (Å²) in [4.78, 5) is 16.6. The second-order valence-corrected chi connectivity index (χ2v) is 7.38. The molecule has 0 unspecified atom stereocenters. The average Bonchev–Trinajstić information content (AvgIpc) is 3.02. The van der Waals surface area contributed by atoms with Crippen molar-refractivity contribution in [3.05, 3.63) is 45.5 Å². The average molecular weight is 384 g/mol. The molecule has 3 aromatic heterocycles. The molecule has 3 heterocycles. The largest absolute Gasteiger partial charge is 0.383 e. The van der Waals surface area contributed by atoms with Crippen molar-refractivity contribution in [1.29, 1.82) is 0 Å². The number of ether oxygens (including phenoxy) is 1. The fourth-order valence-electron chi connectivity index (χ4n) is 1.94. The molecule has 0 spiro atoms. The van der Waals surface area contributed by atoms with Crippen molar-refractivity contribution < 1.29 is 4.74 Å². The zero-order valence-corrected chi connectivity index (χ0v) is 15.1. The first-order valence-corrected chi connectivity index (χ1v) is 9.20. The Morgan fingerprint density at radius 1 is 1.42 bits per heavy atom. The summed E-state index contributed by atoms with van der Waals surface area (Å²) in [7, 11) is 1.65. The molecule has 3 aromatic rings. The molecule has 0 saturated heterocycles. The van der Waals surface area contributed by atoms with Crippen LogP contribution in [0.3, 0.4) is 0 Å². The van der Waals surface area contributed by atoms with E-state index >= 15 is 0 Å². The Hall–Kier alpha value is -1.68. The van der Waals surface area contributed by atoms with Crippen LogP contribution in [0.25, 0.3) is 5.65 Å². The minimum Gasteiger partial charge on any atom is -0.383 e. The van der Waals surface area contributed by atoms with E-state index in [0.717, 1.165) is 9.47 Å². The van der Waals surface area contributed by atoms with Gasteiger partial charge >= 0.3 is 0 Å². The molecule has 0 aromatic carbocycles. The minimum absolute atomic E-state index is 0.155. The van der Waals surface area contributed by atoms with E-state index in [4.69, 9.17) is 16.3 Å². The first-order valence-electron chi connectivity index (χ1n) is 7.02. The van der Waals surface area contributed by atoms with Crippen molar-refractivity contribution in [2.45, 2.75) is 10.1 Å². The van der Waals surface area contributed by atoms with E-state index in [9.17, 15) is 4.79 Å². The van der Waals surface area contributed by atoms with Gasteiger partial charge in [-0.2, -0.15) is 0 Å². The third-order valence-corrected chi connectivity index (χ3v) is 5.28. The predicted molar refractivity (Wildman–Crippen MR) is 96.3 cm³/mol. The second kappa shape index (κ2) is 7.93. The minimum atomic E-state index is -0.155. The van der Waals surface area contributed by atoms with Crippen LogP contribution in [-0.2, 0) is 10.5 Å². The zero-order chi connectivity index (χ0) is 16.9. The van der Waals surface area contributed by atoms with Gasteiger partial charge in [-0.05, 0) is 12.1 Å². The van der Waals surface area contributed by atoms with Gasteiger partial charge in [0.15, 0.2) is 4.34 Å². The molecular formula is C14H14ClN5O2S2. The lowest BCUT2D eigenvalue weighted by Gasteiger charge is -2.03. The van der Waals surface area contributed by atoms with Gasteiger partial charge < -0.3 is 10.1 Å². The Bertz CT molecular complexity index is 898. The molecule has 24 heavy (non-hydrogen) atoms. The zero-order valence-electron chi connectivity index (χ0n) is 12.7. The van der Waals surface area contributed by atoms with Gasteiger partial charge in [0.2, 0.25) is 5.13 Å². The third-order valence-electron chi connectivity index (χ3n) is 3.01. The molecule has 3 rings (SSSR count). The molecule has 0 aliphatic heterocycles. The number of nitrogens with one attached hydrogen (secondary N) is 1. The first-order chi connectivity index (χ1) is 11.7. The Labute approximate surface area is 151 Å². The van der Waals surface area contributed by atoms with Gasteiger partial charge in [0.05, 0.1) is 17.3 Å². The normalized spacial score (nSPS) is 11.1. The SMILES string of the molecule is COCCNc1nnc(SCc2cc(=O)n3cc(Cl)ccc3n2)s1. The van der Waals surface area contributed by atoms with Crippen LogP contribution in [0, 0.1) is 0 Å². The van der Waals surface area contributed by atoms with Crippen molar-refractivity contribution in [3.63, 3.8) is 0 Å². The number of nitrogens with zero attached hydrogens (tertiary/aromatic N) is 4. The molecule has 0 aliphatic rings. The maximum atomic E-state index is 12.1. The van der Waals surface area contributed by atoms with Gasteiger partial charge in [-0.3, -0.25) is 9.20 Å². The molecule has 10 heteroatoms. The Morgan fingerprint density at radius 2 is 2.29 bits per heavy atom. The molecular weight excluding hydrogens is 370 g/mol. The van der Waals surface area contributed by atoms with Crippen LogP contribution < -0.4 is 10.9 Å². The van der Waals surface area contributed by atoms with Crippen LogP contribution in [0.5, 0.6) is 0 Å². The van der Waals surface area contributed by atoms with Gasteiger partial charge in [-0.1, -0.05) is 34.7 Å². The van der Waals surface area contributed by atoms with Crippen molar-refractivity contribution in [1.82, 2.24) is 19.6 Å². The smallest absolute Gasteiger partial charge is 0.258 e. The van der Waals surface area contributed by atoms with Crippen molar-refractivity contribution in [3.8, 4) is 0 Å². The van der Waals surface area contributed by atoms with E-state index in [0.29, 0.717) is 35.3 Å². The molecule has 7 nitrogen and oxygen atoms in total. The summed E-state index contributed by atoms with van der Waals surface area (Å²) >= 11 is 8.85. The summed E-state index contributed by atoms with van der Waals surface area (Å²) in [5.74, 6) is 0.543. The fourth-order valence-corrected chi connectivity index (χ4v) is 3.77. The number of methoxy groups -OCH3 is 1. The number of hydrogen-bond donors (Lipinski definition) is 1. The molecule has 0 atom stereocenters. The number of pyridine rings is 1. The summed E-state index contributed by atoms with van der Waals surface area (Å²) in [6, 6.07) is 4.94. The van der Waals surface area contributed by atoms with Gasteiger partial charge in [0.1, 0.15) is 5.65 Å². The van der Waals surface area contributed by atoms with Gasteiger partial charge in [-0.25, -0.2) is 4.98 Å². The van der Waals surface area contributed by atoms with E-state index in [1.54, 1.807) is 25.4 Å². The number of anilines is 1. The summed E-state index contributed by atoms with van der Waals surface area (Å²) in [5.41, 5.74) is 1.11. The van der Waals surface area contributed by atoms with Crippen LogP contribution >= 0.6 is 34.7 Å². The molecule has 0 amide bonds. The quantitative estimate of drug-likeness (QED) is 0.496. The van der Waals surface area contributed by atoms with Gasteiger partial charge in [0, 0.05) is 31.7 Å². The highest BCUT2D eigenvalue weighted by Gasteiger charge is 2.07. The van der Waals surface area contributed by atoms with Crippen LogP contribution in [0.4, 0.5) is 5.13 Å². The van der Waals surface area contributed by atoms with E-state index in [1.165, 1.54) is 33.6 Å². The molecule has 1 N–H and O–H groups in total. The maximum absolute atomic E-state index is 12.1. The topological polar surface area (TPSA) is 81.4 Å². The monoisotopic (exact) mass is 383 g/mol. The van der Waals surface area contributed by atoms with Crippen LogP contribution in [-0.4, -0.2) is 39.8 Å². The molecule has 0 saturated carbocycles. The first kappa shape index (κ1) is 17.2. The van der Waals surface area contributed by atoms with Gasteiger partial charge in [-0.15, -0.1) is 10.2 Å². The molecule has 0 bridgehead atoms. The summed E-state index contributed by atoms with van der Waals surface area (Å²) in [6.07, 6.45) is 1.56. The third kappa shape index (κ3) is 4.23. The Kier molecular flexibility index (Phi) is 5.67. The lowest BCUT2D eigenvalue weighted by Crippen LogP contribution is -2.14. The van der Waals surface area contributed by atoms with E-state index in [2.05, 4.69) is 20.5 Å². The van der Waals surface area contributed by atoms with Crippen LogP contribution in [0.15, 0.2) is 33.5 Å². The summed E-state index contributed by atoms with van der Waals surface area (Å²) in [5, 5.41) is 12.5. The lowest BCUT2D eigenvalue weighted by atomic mass is 10.4. The van der Waals surface area contributed by atoms with E-state index < -0.39 is 0 Å². The highest BCUT2D eigenvalue weighted by atomic mass is 35.5. The molecule has 0 radical (unpaired) electrons. The highest BCUT2D eigenvalue weighted by molar-refractivity contribution is 8.00. The number of hydrogen-bond acceptors (Lipinski definition) is 8. The number of fused-ring (bicyclic) bond motifs is 1. The maximum Gasteiger partial charge on any atom is 0.258 e.